The van der Waals surface area contributed by atoms with E-state index in [0.717, 1.165) is 37.9 Å². The Kier molecular flexibility index (Phi) is 5.58. The molecule has 0 aromatic heterocycles. The summed E-state index contributed by atoms with van der Waals surface area (Å²) < 4.78 is 6.81. The summed E-state index contributed by atoms with van der Waals surface area (Å²) in [6.45, 7) is 2.77. The number of hydrazone groups is 1. The van der Waals surface area contributed by atoms with Crippen molar-refractivity contribution < 1.29 is 4.74 Å². The van der Waals surface area contributed by atoms with Crippen molar-refractivity contribution in [1.82, 2.24) is 5.01 Å². The Hall–Kier alpha value is -0.390. The third-order valence-electron chi connectivity index (χ3n) is 4.80. The molecule has 1 saturated heterocycles. The summed E-state index contributed by atoms with van der Waals surface area (Å²) in [5, 5.41) is 7.66. The van der Waals surface area contributed by atoms with Crippen molar-refractivity contribution in [1.29, 1.82) is 0 Å². The van der Waals surface area contributed by atoms with Gasteiger partial charge in [-0.3, -0.25) is 5.01 Å². The van der Waals surface area contributed by atoms with Crippen molar-refractivity contribution in [3.8, 4) is 0 Å². The van der Waals surface area contributed by atoms with Crippen LogP contribution in [0.1, 0.15) is 24.3 Å². The lowest BCUT2D eigenvalue weighted by atomic mass is 9.72. The maximum absolute atomic E-state index is 5.59. The summed E-state index contributed by atoms with van der Waals surface area (Å²) in [6, 6.07) is 8.67. The van der Waals surface area contributed by atoms with Crippen molar-refractivity contribution in [2.24, 2.45) is 16.9 Å². The molecular weight excluding hydrogens is 408 g/mol. The van der Waals surface area contributed by atoms with Crippen molar-refractivity contribution in [2.45, 2.75) is 18.8 Å². The second-order valence-electron chi connectivity index (χ2n) is 6.17. The highest BCUT2D eigenvalue weighted by atomic mass is 79.9. The standard InChI is InChI=1S/C17H22Br2N2O/c1-21-11-14(16(10-18)20-21)17(12-6-8-22-9-7-12)13-4-2-3-5-15(13)19/h2-5,12,14,17H,6-11H2,1H3. The Morgan fingerprint density at radius 3 is 2.73 bits per heavy atom. The zero-order chi connectivity index (χ0) is 15.5. The second-order valence-corrected chi connectivity index (χ2v) is 7.58. The minimum Gasteiger partial charge on any atom is -0.381 e. The van der Waals surface area contributed by atoms with Crippen molar-refractivity contribution in [3.63, 3.8) is 0 Å². The average molecular weight is 430 g/mol. The molecule has 5 heteroatoms. The Labute approximate surface area is 149 Å². The third kappa shape index (κ3) is 3.41. The van der Waals surface area contributed by atoms with E-state index < -0.39 is 0 Å². The van der Waals surface area contributed by atoms with E-state index in [2.05, 4.69) is 68.2 Å². The lowest BCUT2D eigenvalue weighted by Gasteiger charge is -2.35. The average Bonchev–Trinajstić information content (AvgIpc) is 2.91. The highest BCUT2D eigenvalue weighted by Crippen LogP contribution is 2.43. The molecule has 2 aliphatic rings. The van der Waals surface area contributed by atoms with Crippen LogP contribution < -0.4 is 0 Å². The molecule has 0 bridgehead atoms. The summed E-state index contributed by atoms with van der Waals surface area (Å²) in [4.78, 5) is 0. The van der Waals surface area contributed by atoms with Gasteiger partial charge in [-0.15, -0.1) is 0 Å². The van der Waals surface area contributed by atoms with Gasteiger partial charge in [0.15, 0.2) is 0 Å². The van der Waals surface area contributed by atoms with Crippen LogP contribution in [0.25, 0.3) is 0 Å². The van der Waals surface area contributed by atoms with Gasteiger partial charge < -0.3 is 4.74 Å². The Bertz CT molecular complexity index is 543. The van der Waals surface area contributed by atoms with E-state index in [-0.39, 0.29) is 0 Å². The van der Waals surface area contributed by atoms with Gasteiger partial charge in [-0.2, -0.15) is 5.10 Å². The number of nitrogens with zero attached hydrogens (tertiary/aromatic N) is 2. The number of hydrogen-bond acceptors (Lipinski definition) is 3. The minimum absolute atomic E-state index is 0.478. The van der Waals surface area contributed by atoms with Crippen LogP contribution in [-0.4, -0.2) is 42.9 Å². The molecular formula is C17H22Br2N2O. The fourth-order valence-electron chi connectivity index (χ4n) is 3.79. The zero-order valence-corrected chi connectivity index (χ0v) is 16.0. The fraction of sp³-hybridized carbons (Fsp3) is 0.588. The molecule has 0 N–H and O–H groups in total. The Morgan fingerprint density at radius 2 is 2.05 bits per heavy atom. The van der Waals surface area contributed by atoms with Crippen molar-refractivity contribution in [3.05, 3.63) is 34.3 Å². The van der Waals surface area contributed by atoms with Crippen LogP contribution >= 0.6 is 31.9 Å². The van der Waals surface area contributed by atoms with E-state index in [4.69, 9.17) is 9.84 Å². The van der Waals surface area contributed by atoms with E-state index >= 15 is 0 Å². The molecule has 3 nitrogen and oxygen atoms in total. The first-order chi connectivity index (χ1) is 10.7. The zero-order valence-electron chi connectivity index (χ0n) is 12.8. The number of halogens is 2. The van der Waals surface area contributed by atoms with Gasteiger partial charge in [-0.05, 0) is 36.3 Å². The molecule has 2 heterocycles. The van der Waals surface area contributed by atoms with Gasteiger partial charge in [0.1, 0.15) is 0 Å². The Morgan fingerprint density at radius 1 is 1.32 bits per heavy atom. The van der Waals surface area contributed by atoms with Gasteiger partial charge in [0, 0.05) is 42.5 Å². The number of hydrogen-bond donors (Lipinski definition) is 0. The first-order valence-corrected chi connectivity index (χ1v) is 9.78. The predicted molar refractivity (Wildman–Crippen MR) is 97.8 cm³/mol. The highest BCUT2D eigenvalue weighted by molar-refractivity contribution is 9.10. The van der Waals surface area contributed by atoms with E-state index in [1.165, 1.54) is 15.7 Å². The molecule has 1 aromatic rings. The molecule has 22 heavy (non-hydrogen) atoms. The van der Waals surface area contributed by atoms with E-state index in [9.17, 15) is 0 Å². The number of alkyl halides is 1. The van der Waals surface area contributed by atoms with Gasteiger partial charge in [0.05, 0.1) is 5.71 Å². The summed E-state index contributed by atoms with van der Waals surface area (Å²) in [5.41, 5.74) is 2.69. The first-order valence-electron chi connectivity index (χ1n) is 7.87. The molecule has 0 radical (unpaired) electrons. The fourth-order valence-corrected chi connectivity index (χ4v) is 4.87. The lowest BCUT2D eigenvalue weighted by molar-refractivity contribution is 0.0530. The summed E-state index contributed by atoms with van der Waals surface area (Å²) >= 11 is 7.40. The second kappa shape index (κ2) is 7.45. The van der Waals surface area contributed by atoms with Crippen LogP contribution in [0.4, 0.5) is 0 Å². The summed E-state index contributed by atoms with van der Waals surface area (Å²) in [6.07, 6.45) is 2.28. The molecule has 0 saturated carbocycles. The smallest absolute Gasteiger partial charge is 0.0541 e. The monoisotopic (exact) mass is 428 g/mol. The lowest BCUT2D eigenvalue weighted by Crippen LogP contribution is -2.33. The van der Waals surface area contributed by atoms with Crippen LogP contribution in [-0.2, 0) is 4.74 Å². The van der Waals surface area contributed by atoms with Crippen LogP contribution in [0.2, 0.25) is 0 Å². The normalized spacial score (nSPS) is 24.4. The number of rotatable bonds is 4. The maximum atomic E-state index is 5.59. The quantitative estimate of drug-likeness (QED) is 0.667. The van der Waals surface area contributed by atoms with Crippen LogP contribution in [0.15, 0.2) is 33.8 Å². The minimum atomic E-state index is 0.478. The van der Waals surface area contributed by atoms with Gasteiger partial charge >= 0.3 is 0 Å². The topological polar surface area (TPSA) is 24.8 Å². The van der Waals surface area contributed by atoms with Crippen LogP contribution in [0, 0.1) is 11.8 Å². The van der Waals surface area contributed by atoms with E-state index in [1.54, 1.807) is 0 Å². The molecule has 3 rings (SSSR count). The SMILES string of the molecule is CN1CC(C(c2ccccc2Br)C2CCOCC2)C(CBr)=N1. The summed E-state index contributed by atoms with van der Waals surface area (Å²) in [7, 11) is 2.07. The number of benzene rings is 1. The van der Waals surface area contributed by atoms with E-state index in [1.807, 2.05) is 0 Å². The van der Waals surface area contributed by atoms with Gasteiger partial charge in [0.2, 0.25) is 0 Å². The van der Waals surface area contributed by atoms with Gasteiger partial charge in [-0.1, -0.05) is 50.1 Å². The molecule has 0 spiro atoms. The molecule has 1 fully saturated rings. The van der Waals surface area contributed by atoms with Crippen LogP contribution in [0.5, 0.6) is 0 Å². The summed E-state index contributed by atoms with van der Waals surface area (Å²) in [5.74, 6) is 1.64. The van der Waals surface area contributed by atoms with Crippen LogP contribution in [0.3, 0.4) is 0 Å². The van der Waals surface area contributed by atoms with Gasteiger partial charge in [-0.25, -0.2) is 0 Å². The van der Waals surface area contributed by atoms with E-state index in [0.29, 0.717) is 17.8 Å². The molecule has 2 atom stereocenters. The third-order valence-corrected chi connectivity index (χ3v) is 6.09. The largest absolute Gasteiger partial charge is 0.381 e. The molecule has 120 valence electrons. The van der Waals surface area contributed by atoms with Crippen molar-refractivity contribution >= 4 is 37.6 Å². The molecule has 1 aromatic carbocycles. The number of ether oxygens (including phenoxy) is 1. The molecule has 2 aliphatic heterocycles. The first kappa shape index (κ1) is 16.5. The molecule has 0 aliphatic carbocycles. The molecule has 0 amide bonds. The Balaban J connectivity index is 1.96. The molecule has 2 unspecified atom stereocenters. The maximum Gasteiger partial charge on any atom is 0.0541 e. The van der Waals surface area contributed by atoms with Crippen molar-refractivity contribution in [2.75, 3.05) is 32.1 Å². The van der Waals surface area contributed by atoms with Gasteiger partial charge in [0.25, 0.3) is 0 Å². The highest BCUT2D eigenvalue weighted by Gasteiger charge is 2.38. The predicted octanol–water partition coefficient (Wildman–Crippen LogP) is 4.27.